The Labute approximate surface area is 221 Å². The number of carbonyl (C=O) groups excluding carboxylic acids is 1. The molecule has 3 heterocycles. The van der Waals surface area contributed by atoms with Gasteiger partial charge in [-0.3, -0.25) is 4.79 Å². The second-order valence-corrected chi connectivity index (χ2v) is 13.9. The van der Waals surface area contributed by atoms with Crippen molar-refractivity contribution in [3.8, 4) is 11.1 Å². The predicted octanol–water partition coefficient (Wildman–Crippen LogP) is 4.24. The Hall–Kier alpha value is -2.90. The smallest absolute Gasteiger partial charge is 0.250 e. The van der Waals surface area contributed by atoms with Gasteiger partial charge in [0.2, 0.25) is 5.91 Å². The summed E-state index contributed by atoms with van der Waals surface area (Å²) in [5.74, 6) is -1.32. The van der Waals surface area contributed by atoms with Crippen LogP contribution in [0.4, 0.5) is 10.1 Å². The summed E-state index contributed by atoms with van der Waals surface area (Å²) in [6.45, 7) is 0.103. The van der Waals surface area contributed by atoms with Crippen LogP contribution in [0, 0.1) is 5.82 Å². The van der Waals surface area contributed by atoms with E-state index in [2.05, 4.69) is 9.71 Å². The highest BCUT2D eigenvalue weighted by Gasteiger charge is 2.37. The van der Waals surface area contributed by atoms with Gasteiger partial charge < -0.3 is 4.90 Å². The van der Waals surface area contributed by atoms with Crippen LogP contribution in [0.5, 0.6) is 0 Å². The number of hydrogen-bond donors (Lipinski definition) is 1. The molecular weight excluding hydrogens is 561 g/mol. The maximum atomic E-state index is 15.2. The van der Waals surface area contributed by atoms with Crippen molar-refractivity contribution in [3.05, 3.63) is 71.6 Å². The molecule has 0 radical (unpaired) electrons. The lowest BCUT2D eigenvalue weighted by Crippen LogP contribution is -2.41. The molecule has 192 valence electrons. The number of rotatable bonds is 6. The Morgan fingerprint density at radius 3 is 2.57 bits per heavy atom. The first-order valence-electron chi connectivity index (χ1n) is 10.9. The molecule has 2 aromatic carbocycles. The summed E-state index contributed by atoms with van der Waals surface area (Å²) < 4.78 is 68.4. The standard InChI is InChI=1S/C24H19ClFN3O5S3/c1-36(31,32)21-5-3-2-4-15(21)14-6-7-19(16(26)12-14)29-11-10-17(24(29)30)28-37(33,34)23-13-18-20(35-23)8-9-22(25)27-18/h2-9,12-13,17,28H,10-11H2,1H3/t17-/m0/s1. The molecule has 5 rings (SSSR count). The van der Waals surface area contributed by atoms with Gasteiger partial charge in [0.05, 0.1) is 20.8 Å². The van der Waals surface area contributed by atoms with Crippen molar-refractivity contribution in [2.24, 2.45) is 0 Å². The van der Waals surface area contributed by atoms with Crippen molar-refractivity contribution in [2.45, 2.75) is 21.6 Å². The van der Waals surface area contributed by atoms with Crippen molar-refractivity contribution < 1.29 is 26.0 Å². The average Bonchev–Trinajstić information content (AvgIpc) is 3.42. The number of fused-ring (bicyclic) bond motifs is 1. The van der Waals surface area contributed by atoms with Crippen molar-refractivity contribution >= 4 is 64.6 Å². The van der Waals surface area contributed by atoms with E-state index in [0.29, 0.717) is 21.3 Å². The van der Waals surface area contributed by atoms with E-state index in [9.17, 15) is 21.6 Å². The van der Waals surface area contributed by atoms with Crippen LogP contribution in [-0.2, 0) is 24.7 Å². The van der Waals surface area contributed by atoms with Gasteiger partial charge >= 0.3 is 0 Å². The molecule has 37 heavy (non-hydrogen) atoms. The molecule has 1 saturated heterocycles. The summed E-state index contributed by atoms with van der Waals surface area (Å²) >= 11 is 6.88. The molecule has 0 unspecified atom stereocenters. The van der Waals surface area contributed by atoms with E-state index in [0.717, 1.165) is 17.6 Å². The Morgan fingerprint density at radius 2 is 1.84 bits per heavy atom. The SMILES string of the molecule is CS(=O)(=O)c1ccccc1-c1ccc(N2CC[C@H](NS(=O)(=O)c3cc4nc(Cl)ccc4s3)C2=O)c(F)c1. The van der Waals surface area contributed by atoms with Gasteiger partial charge in [-0.15, -0.1) is 11.3 Å². The number of anilines is 1. The molecule has 1 atom stereocenters. The second kappa shape index (κ2) is 9.44. The van der Waals surface area contributed by atoms with Crippen molar-refractivity contribution in [3.63, 3.8) is 0 Å². The number of sulfonamides is 1. The monoisotopic (exact) mass is 579 g/mol. The van der Waals surface area contributed by atoms with Gasteiger partial charge in [0.1, 0.15) is 21.2 Å². The Bertz CT molecular complexity index is 1770. The van der Waals surface area contributed by atoms with Crippen molar-refractivity contribution in [2.75, 3.05) is 17.7 Å². The third-order valence-electron chi connectivity index (χ3n) is 5.92. The van der Waals surface area contributed by atoms with Crippen LogP contribution in [0.25, 0.3) is 21.3 Å². The number of carbonyl (C=O) groups is 1. The number of nitrogens with zero attached hydrogens (tertiary/aromatic N) is 2. The molecule has 1 aliphatic rings. The molecule has 1 N–H and O–H groups in total. The molecule has 4 aromatic rings. The molecule has 1 amide bonds. The lowest BCUT2D eigenvalue weighted by molar-refractivity contribution is -0.118. The zero-order valence-corrected chi connectivity index (χ0v) is 22.4. The minimum absolute atomic E-state index is 0.0106. The molecule has 0 aliphatic carbocycles. The highest BCUT2D eigenvalue weighted by Crippen LogP contribution is 2.33. The summed E-state index contributed by atoms with van der Waals surface area (Å²) in [6.07, 6.45) is 1.22. The fraction of sp³-hybridized carbons (Fsp3) is 0.167. The fourth-order valence-corrected chi connectivity index (χ4v) is 7.83. The summed E-state index contributed by atoms with van der Waals surface area (Å²) in [5, 5.41) is 0.233. The number of aromatic nitrogens is 1. The molecule has 0 saturated carbocycles. The number of benzene rings is 2. The van der Waals surface area contributed by atoms with Crippen LogP contribution in [0.15, 0.2) is 69.8 Å². The van der Waals surface area contributed by atoms with Crippen molar-refractivity contribution in [1.29, 1.82) is 0 Å². The van der Waals surface area contributed by atoms with Crippen LogP contribution in [0.3, 0.4) is 0 Å². The molecule has 2 aromatic heterocycles. The predicted molar refractivity (Wildman–Crippen MR) is 141 cm³/mol. The van der Waals surface area contributed by atoms with E-state index >= 15 is 4.39 Å². The highest BCUT2D eigenvalue weighted by atomic mass is 35.5. The lowest BCUT2D eigenvalue weighted by atomic mass is 10.0. The van der Waals surface area contributed by atoms with Crippen molar-refractivity contribution in [1.82, 2.24) is 9.71 Å². The molecule has 0 spiro atoms. The minimum atomic E-state index is -4.04. The van der Waals surface area contributed by atoms with Gasteiger partial charge in [-0.1, -0.05) is 35.9 Å². The van der Waals surface area contributed by atoms with Gasteiger partial charge in [0, 0.05) is 18.4 Å². The van der Waals surface area contributed by atoms with E-state index in [1.54, 1.807) is 30.3 Å². The van der Waals surface area contributed by atoms with Gasteiger partial charge in [-0.05, 0) is 48.4 Å². The van der Waals surface area contributed by atoms with E-state index in [-0.39, 0.29) is 32.9 Å². The summed E-state index contributed by atoms with van der Waals surface area (Å²) in [4.78, 5) is 18.4. The van der Waals surface area contributed by atoms with Gasteiger partial charge in [0.25, 0.3) is 10.0 Å². The number of pyridine rings is 1. The molecule has 8 nitrogen and oxygen atoms in total. The van der Waals surface area contributed by atoms with Crippen LogP contribution in [0.2, 0.25) is 5.15 Å². The first-order chi connectivity index (χ1) is 17.4. The van der Waals surface area contributed by atoms with E-state index in [1.165, 1.54) is 35.2 Å². The quantitative estimate of drug-likeness (QED) is 0.342. The normalized spacial score (nSPS) is 16.6. The van der Waals surface area contributed by atoms with Gasteiger partial charge in [0.15, 0.2) is 9.84 Å². The maximum absolute atomic E-state index is 15.2. The molecule has 1 fully saturated rings. The molecule has 1 aliphatic heterocycles. The number of thiophene rings is 1. The Balaban J connectivity index is 1.38. The topological polar surface area (TPSA) is 114 Å². The third kappa shape index (κ3) is 4.99. The second-order valence-electron chi connectivity index (χ2n) is 8.47. The summed E-state index contributed by atoms with van der Waals surface area (Å²) in [5.41, 5.74) is 1.09. The largest absolute Gasteiger partial charge is 0.308 e. The van der Waals surface area contributed by atoms with E-state index in [4.69, 9.17) is 11.6 Å². The van der Waals surface area contributed by atoms with E-state index in [1.807, 2.05) is 0 Å². The van der Waals surface area contributed by atoms with Gasteiger partial charge in [-0.25, -0.2) is 26.2 Å². The van der Waals surface area contributed by atoms with Crippen LogP contribution >= 0.6 is 22.9 Å². The zero-order chi connectivity index (χ0) is 26.5. The Kier molecular flexibility index (Phi) is 6.57. The Morgan fingerprint density at radius 1 is 1.08 bits per heavy atom. The zero-order valence-electron chi connectivity index (χ0n) is 19.2. The van der Waals surface area contributed by atoms with Crippen LogP contribution in [-0.4, -0.2) is 46.6 Å². The third-order valence-corrected chi connectivity index (χ3v) is 10.3. The number of sulfone groups is 1. The van der Waals surface area contributed by atoms with Crippen LogP contribution < -0.4 is 9.62 Å². The lowest BCUT2D eigenvalue weighted by Gasteiger charge is -2.19. The molecular formula is C24H19ClFN3O5S3. The van der Waals surface area contributed by atoms with Crippen LogP contribution in [0.1, 0.15) is 6.42 Å². The summed E-state index contributed by atoms with van der Waals surface area (Å²) in [7, 11) is -7.59. The fourth-order valence-electron chi connectivity index (χ4n) is 4.20. The number of amides is 1. The first kappa shape index (κ1) is 25.7. The number of hydrogen-bond acceptors (Lipinski definition) is 7. The maximum Gasteiger partial charge on any atom is 0.250 e. The molecule has 13 heteroatoms. The average molecular weight is 580 g/mol. The van der Waals surface area contributed by atoms with Gasteiger partial charge in [-0.2, -0.15) is 4.72 Å². The minimum Gasteiger partial charge on any atom is -0.308 e. The summed E-state index contributed by atoms with van der Waals surface area (Å²) in [6, 6.07) is 13.9. The first-order valence-corrected chi connectivity index (χ1v) is 15.5. The number of nitrogens with one attached hydrogen (secondary N) is 1. The molecule has 0 bridgehead atoms. The van der Waals surface area contributed by atoms with E-state index < -0.39 is 37.6 Å². The number of halogens is 2. The highest BCUT2D eigenvalue weighted by molar-refractivity contribution is 7.91.